The zero-order valence-corrected chi connectivity index (χ0v) is 10.6. The van der Waals surface area contributed by atoms with Crippen LogP contribution < -0.4 is 5.73 Å². The van der Waals surface area contributed by atoms with E-state index in [1.165, 1.54) is 0 Å². The van der Waals surface area contributed by atoms with Crippen molar-refractivity contribution < 1.29 is 23.1 Å². The van der Waals surface area contributed by atoms with Crippen LogP contribution in [0.5, 0.6) is 0 Å². The minimum atomic E-state index is -4.21. The lowest BCUT2D eigenvalue weighted by molar-refractivity contribution is -0.187. The molecule has 2 rings (SSSR count). The lowest BCUT2D eigenvalue weighted by Gasteiger charge is -2.38. The van der Waals surface area contributed by atoms with Gasteiger partial charge in [0, 0.05) is 13.1 Å². The van der Waals surface area contributed by atoms with Gasteiger partial charge in [-0.1, -0.05) is 0 Å². The Bertz CT molecular complexity index is 357. The Hall–Kier alpha value is -0.820. The molecule has 0 aromatic carbocycles. The van der Waals surface area contributed by atoms with Crippen LogP contribution in [0.1, 0.15) is 25.7 Å². The van der Waals surface area contributed by atoms with Crippen LogP contribution >= 0.6 is 0 Å². The minimum absolute atomic E-state index is 0.0135. The van der Waals surface area contributed by atoms with Crippen molar-refractivity contribution in [2.75, 3.05) is 19.6 Å². The maximum absolute atomic E-state index is 12.7. The molecule has 19 heavy (non-hydrogen) atoms. The summed E-state index contributed by atoms with van der Waals surface area (Å²) in [4.78, 5) is 12.8. The second-order valence-corrected chi connectivity index (χ2v) is 5.74. The summed E-state index contributed by atoms with van der Waals surface area (Å²) in [5.74, 6) is -2.57. The van der Waals surface area contributed by atoms with Crippen LogP contribution in [0.25, 0.3) is 0 Å². The summed E-state index contributed by atoms with van der Waals surface area (Å²) in [5, 5.41) is 9.23. The molecule has 2 unspecified atom stereocenters. The van der Waals surface area contributed by atoms with E-state index in [4.69, 9.17) is 5.73 Å². The van der Waals surface area contributed by atoms with E-state index >= 15 is 0 Å². The SMILES string of the molecule is NC(CN1CCCC(C(F)(F)F)C1)(C(=O)O)C1CC1. The van der Waals surface area contributed by atoms with Crippen molar-refractivity contribution in [3.63, 3.8) is 0 Å². The molecule has 7 heteroatoms. The fraction of sp³-hybridized carbons (Fsp3) is 0.917. The van der Waals surface area contributed by atoms with E-state index in [1.807, 2.05) is 0 Å². The second-order valence-electron chi connectivity index (χ2n) is 5.74. The van der Waals surface area contributed by atoms with Gasteiger partial charge in [0.2, 0.25) is 0 Å². The Labute approximate surface area is 109 Å². The molecule has 0 spiro atoms. The molecule has 2 fully saturated rings. The van der Waals surface area contributed by atoms with Crippen LogP contribution in [0.3, 0.4) is 0 Å². The van der Waals surface area contributed by atoms with Crippen LogP contribution in [0, 0.1) is 11.8 Å². The van der Waals surface area contributed by atoms with Gasteiger partial charge in [0.15, 0.2) is 0 Å². The van der Waals surface area contributed by atoms with Gasteiger partial charge < -0.3 is 15.7 Å². The average Bonchev–Trinajstić information content (AvgIpc) is 3.11. The van der Waals surface area contributed by atoms with Gasteiger partial charge >= 0.3 is 12.1 Å². The van der Waals surface area contributed by atoms with E-state index in [9.17, 15) is 23.1 Å². The number of carboxylic acids is 1. The highest BCUT2D eigenvalue weighted by molar-refractivity contribution is 5.79. The third-order valence-electron chi connectivity index (χ3n) is 4.16. The van der Waals surface area contributed by atoms with E-state index in [0.717, 1.165) is 12.8 Å². The lowest BCUT2D eigenvalue weighted by atomic mass is 9.91. The summed E-state index contributed by atoms with van der Waals surface area (Å²) >= 11 is 0. The highest BCUT2D eigenvalue weighted by Gasteiger charge is 2.50. The summed E-state index contributed by atoms with van der Waals surface area (Å²) in [6, 6.07) is 0. The van der Waals surface area contributed by atoms with Crippen molar-refractivity contribution >= 4 is 5.97 Å². The van der Waals surface area contributed by atoms with Crippen LogP contribution in [-0.2, 0) is 4.79 Å². The molecule has 2 atom stereocenters. The molecular formula is C12H19F3N2O2. The third kappa shape index (κ3) is 3.20. The predicted molar refractivity (Wildman–Crippen MR) is 62.5 cm³/mol. The number of nitrogens with two attached hydrogens (primary N) is 1. The number of nitrogens with zero attached hydrogens (tertiary/aromatic N) is 1. The van der Waals surface area contributed by atoms with Gasteiger partial charge in [-0.3, -0.25) is 4.79 Å². The number of halogens is 3. The zero-order chi connectivity index (χ0) is 14.3. The number of carboxylic acid groups (broad SMARTS) is 1. The highest BCUT2D eigenvalue weighted by atomic mass is 19.4. The number of likely N-dealkylation sites (tertiary alicyclic amines) is 1. The Kier molecular flexibility index (Phi) is 3.79. The van der Waals surface area contributed by atoms with E-state index < -0.39 is 23.6 Å². The van der Waals surface area contributed by atoms with Gasteiger partial charge in [-0.05, 0) is 38.1 Å². The number of hydrogen-bond donors (Lipinski definition) is 2. The van der Waals surface area contributed by atoms with Gasteiger partial charge in [0.25, 0.3) is 0 Å². The van der Waals surface area contributed by atoms with Crippen molar-refractivity contribution in [3.8, 4) is 0 Å². The zero-order valence-electron chi connectivity index (χ0n) is 10.6. The standard InChI is InChI=1S/C12H19F3N2O2/c13-12(14,15)9-2-1-5-17(6-9)7-11(16,10(18)19)8-3-4-8/h8-9H,1-7,16H2,(H,18,19). The first kappa shape index (κ1) is 14.6. The van der Waals surface area contributed by atoms with Crippen LogP contribution in [-0.4, -0.2) is 47.3 Å². The molecule has 1 saturated heterocycles. The quantitative estimate of drug-likeness (QED) is 0.818. The average molecular weight is 280 g/mol. The number of piperidine rings is 1. The van der Waals surface area contributed by atoms with Crippen molar-refractivity contribution in [3.05, 3.63) is 0 Å². The molecule has 1 heterocycles. The Morgan fingerprint density at radius 3 is 2.37 bits per heavy atom. The van der Waals surface area contributed by atoms with Crippen LogP contribution in [0.15, 0.2) is 0 Å². The molecule has 3 N–H and O–H groups in total. The summed E-state index contributed by atoms with van der Waals surface area (Å²) < 4.78 is 38.1. The van der Waals surface area contributed by atoms with E-state index in [2.05, 4.69) is 0 Å². The summed E-state index contributed by atoms with van der Waals surface area (Å²) in [6.45, 7) is 0.369. The first-order chi connectivity index (χ1) is 8.73. The first-order valence-electron chi connectivity index (χ1n) is 6.55. The van der Waals surface area contributed by atoms with Gasteiger partial charge in [0.1, 0.15) is 5.54 Å². The number of rotatable bonds is 4. The molecular weight excluding hydrogens is 261 g/mol. The molecule has 0 radical (unpaired) electrons. The van der Waals surface area contributed by atoms with Crippen molar-refractivity contribution in [2.45, 2.75) is 37.4 Å². The Morgan fingerprint density at radius 1 is 1.26 bits per heavy atom. The fourth-order valence-electron chi connectivity index (χ4n) is 2.81. The monoisotopic (exact) mass is 280 g/mol. The number of hydrogen-bond acceptors (Lipinski definition) is 3. The number of alkyl halides is 3. The molecule has 2 aliphatic rings. The number of aliphatic carboxylic acids is 1. The second kappa shape index (κ2) is 4.94. The smallest absolute Gasteiger partial charge is 0.393 e. The number of carbonyl (C=O) groups is 1. The van der Waals surface area contributed by atoms with E-state index in [0.29, 0.717) is 13.0 Å². The Morgan fingerprint density at radius 2 is 1.89 bits per heavy atom. The highest BCUT2D eigenvalue weighted by Crippen LogP contribution is 2.40. The van der Waals surface area contributed by atoms with Gasteiger partial charge in [0.05, 0.1) is 5.92 Å². The van der Waals surface area contributed by atoms with Crippen LogP contribution in [0.4, 0.5) is 13.2 Å². The van der Waals surface area contributed by atoms with Gasteiger partial charge in [-0.15, -0.1) is 0 Å². The van der Waals surface area contributed by atoms with Crippen LogP contribution in [0.2, 0.25) is 0 Å². The molecule has 0 bridgehead atoms. The summed E-state index contributed by atoms with van der Waals surface area (Å²) in [6.07, 6.45) is -2.16. The molecule has 4 nitrogen and oxygen atoms in total. The Balaban J connectivity index is 2.00. The topological polar surface area (TPSA) is 66.6 Å². The third-order valence-corrected chi connectivity index (χ3v) is 4.16. The summed E-state index contributed by atoms with van der Waals surface area (Å²) in [7, 11) is 0. The summed E-state index contributed by atoms with van der Waals surface area (Å²) in [5.41, 5.74) is 4.51. The molecule has 0 aromatic rings. The molecule has 1 aliphatic carbocycles. The maximum atomic E-state index is 12.7. The molecule has 0 amide bonds. The minimum Gasteiger partial charge on any atom is -0.480 e. The van der Waals surface area contributed by atoms with E-state index in [1.54, 1.807) is 4.90 Å². The van der Waals surface area contributed by atoms with E-state index in [-0.39, 0.29) is 25.4 Å². The molecule has 1 saturated carbocycles. The molecule has 110 valence electrons. The van der Waals surface area contributed by atoms with Gasteiger partial charge in [-0.2, -0.15) is 13.2 Å². The molecule has 0 aromatic heterocycles. The lowest BCUT2D eigenvalue weighted by Crippen LogP contribution is -2.59. The maximum Gasteiger partial charge on any atom is 0.393 e. The molecule has 1 aliphatic heterocycles. The van der Waals surface area contributed by atoms with Crippen molar-refractivity contribution in [1.82, 2.24) is 4.90 Å². The largest absolute Gasteiger partial charge is 0.480 e. The normalized spacial score (nSPS) is 28.9. The first-order valence-corrected chi connectivity index (χ1v) is 6.55. The van der Waals surface area contributed by atoms with Crippen molar-refractivity contribution in [2.24, 2.45) is 17.6 Å². The van der Waals surface area contributed by atoms with Gasteiger partial charge in [-0.25, -0.2) is 0 Å². The van der Waals surface area contributed by atoms with Crippen molar-refractivity contribution in [1.29, 1.82) is 0 Å². The predicted octanol–water partition coefficient (Wildman–Crippen LogP) is 1.45. The fourth-order valence-corrected chi connectivity index (χ4v) is 2.81.